The Morgan fingerprint density at radius 2 is 1.95 bits per heavy atom. The molecule has 0 radical (unpaired) electrons. The topological polar surface area (TPSA) is 26.0 Å². The minimum absolute atomic E-state index is 0.765. The van der Waals surface area contributed by atoms with E-state index < -0.39 is 0 Å². The molecule has 2 aromatic rings. The van der Waals surface area contributed by atoms with Crippen LogP contribution in [0.15, 0.2) is 12.1 Å². The lowest BCUT2D eigenvalue weighted by Gasteiger charge is -2.26. The second kappa shape index (κ2) is 6.93. The minimum Gasteiger partial charge on any atom is -0.330 e. The van der Waals surface area contributed by atoms with Gasteiger partial charge in [-0.05, 0) is 74.2 Å². The number of hydrogen-bond donors (Lipinski definition) is 1. The molecule has 0 atom stereocenters. The van der Waals surface area contributed by atoms with Crippen LogP contribution >= 0.6 is 22.9 Å². The molecule has 20 heavy (non-hydrogen) atoms. The lowest BCUT2D eigenvalue weighted by molar-refractivity contribution is 0.420. The van der Waals surface area contributed by atoms with Gasteiger partial charge in [-0.1, -0.05) is 24.9 Å². The predicted octanol–water partition coefficient (Wildman–Crippen LogP) is 5.79. The van der Waals surface area contributed by atoms with Crippen LogP contribution < -0.4 is 5.73 Å². The first-order valence-electron chi connectivity index (χ1n) is 7.47. The molecular formula is C17H24ClNS. The second-order valence-corrected chi connectivity index (χ2v) is 7.21. The molecule has 0 spiro atoms. The number of rotatable bonds is 2. The third-order valence-corrected chi connectivity index (χ3v) is 5.78. The minimum atomic E-state index is 0.765. The first kappa shape index (κ1) is 15.8. The van der Waals surface area contributed by atoms with Crippen LogP contribution in [0.3, 0.4) is 0 Å². The zero-order valence-corrected chi connectivity index (χ0v) is 14.2. The summed E-state index contributed by atoms with van der Waals surface area (Å²) in [5.74, 6) is 0.765. The normalized spacial score (nSPS) is 14.8. The molecule has 2 N–H and O–H groups in total. The highest BCUT2D eigenvalue weighted by Crippen LogP contribution is 2.42. The average Bonchev–Trinajstić information content (AvgIpc) is 2.66. The van der Waals surface area contributed by atoms with Crippen molar-refractivity contribution in [2.24, 2.45) is 5.73 Å². The molecule has 1 aliphatic carbocycles. The monoisotopic (exact) mass is 309 g/mol. The number of benzene rings is 1. The highest BCUT2D eigenvalue weighted by Gasteiger charge is 2.21. The molecule has 1 aliphatic rings. The first-order valence-corrected chi connectivity index (χ1v) is 8.67. The van der Waals surface area contributed by atoms with Gasteiger partial charge in [0, 0.05) is 4.88 Å². The molecule has 1 aromatic carbocycles. The van der Waals surface area contributed by atoms with E-state index >= 15 is 0 Å². The van der Waals surface area contributed by atoms with E-state index in [1.165, 1.54) is 45.4 Å². The molecule has 3 heteroatoms. The SMILES string of the molecule is CCCN.Cc1sc2c(Cl)cc(C3CCC3)cc2c1C. The molecule has 110 valence electrons. The third kappa shape index (κ3) is 3.19. The van der Waals surface area contributed by atoms with E-state index in [2.05, 4.69) is 32.9 Å². The van der Waals surface area contributed by atoms with Gasteiger partial charge in [-0.3, -0.25) is 0 Å². The van der Waals surface area contributed by atoms with Crippen molar-refractivity contribution in [1.29, 1.82) is 0 Å². The molecule has 0 aliphatic heterocycles. The lowest BCUT2D eigenvalue weighted by Crippen LogP contribution is -2.08. The van der Waals surface area contributed by atoms with Gasteiger partial charge in [-0.2, -0.15) is 0 Å². The maximum Gasteiger partial charge on any atom is 0.0587 e. The Labute approximate surface area is 131 Å². The lowest BCUT2D eigenvalue weighted by atomic mass is 9.80. The Morgan fingerprint density at radius 3 is 2.45 bits per heavy atom. The van der Waals surface area contributed by atoms with Crippen LogP contribution in [-0.4, -0.2) is 6.54 Å². The highest BCUT2D eigenvalue weighted by atomic mass is 35.5. The smallest absolute Gasteiger partial charge is 0.0587 e. The molecule has 1 heterocycles. The zero-order chi connectivity index (χ0) is 14.7. The van der Waals surface area contributed by atoms with E-state index in [1.54, 1.807) is 0 Å². The first-order chi connectivity index (χ1) is 9.58. The number of aryl methyl sites for hydroxylation is 2. The van der Waals surface area contributed by atoms with Crippen LogP contribution in [0.25, 0.3) is 10.1 Å². The van der Waals surface area contributed by atoms with Gasteiger partial charge in [0.1, 0.15) is 0 Å². The molecule has 3 rings (SSSR count). The highest BCUT2D eigenvalue weighted by molar-refractivity contribution is 7.19. The van der Waals surface area contributed by atoms with Crippen molar-refractivity contribution < 1.29 is 0 Å². The summed E-state index contributed by atoms with van der Waals surface area (Å²) in [6, 6.07) is 4.55. The summed E-state index contributed by atoms with van der Waals surface area (Å²) >= 11 is 8.20. The van der Waals surface area contributed by atoms with Crippen molar-refractivity contribution in [2.75, 3.05) is 6.54 Å². The Morgan fingerprint density at radius 1 is 1.30 bits per heavy atom. The second-order valence-electron chi connectivity index (χ2n) is 5.58. The van der Waals surface area contributed by atoms with E-state index in [0.29, 0.717) is 0 Å². The molecule has 1 saturated carbocycles. The van der Waals surface area contributed by atoms with Gasteiger partial charge >= 0.3 is 0 Å². The fourth-order valence-electron chi connectivity index (χ4n) is 2.39. The molecular weight excluding hydrogens is 286 g/mol. The Hall–Kier alpha value is -0.570. The number of nitrogens with two attached hydrogens (primary N) is 1. The average molecular weight is 310 g/mol. The van der Waals surface area contributed by atoms with E-state index in [0.717, 1.165) is 23.9 Å². The Kier molecular flexibility index (Phi) is 5.48. The zero-order valence-electron chi connectivity index (χ0n) is 12.6. The summed E-state index contributed by atoms with van der Waals surface area (Å²) in [6.45, 7) is 7.26. The summed E-state index contributed by atoms with van der Waals surface area (Å²) in [5, 5.41) is 2.32. The number of thiophene rings is 1. The molecule has 1 fully saturated rings. The fourth-order valence-corrected chi connectivity index (χ4v) is 3.78. The van der Waals surface area contributed by atoms with Crippen LogP contribution in [0.2, 0.25) is 5.02 Å². The van der Waals surface area contributed by atoms with Crippen LogP contribution in [-0.2, 0) is 0 Å². The van der Waals surface area contributed by atoms with Crippen molar-refractivity contribution in [1.82, 2.24) is 0 Å². The van der Waals surface area contributed by atoms with E-state index in [-0.39, 0.29) is 0 Å². The van der Waals surface area contributed by atoms with E-state index in [1.807, 2.05) is 11.3 Å². The quantitative estimate of drug-likeness (QED) is 0.746. The molecule has 0 amide bonds. The maximum atomic E-state index is 6.38. The summed E-state index contributed by atoms with van der Waals surface area (Å²) in [5.41, 5.74) is 7.88. The third-order valence-electron chi connectivity index (χ3n) is 4.12. The Balaban J connectivity index is 0.000000328. The van der Waals surface area contributed by atoms with Gasteiger partial charge in [0.2, 0.25) is 0 Å². The van der Waals surface area contributed by atoms with Crippen molar-refractivity contribution in [3.8, 4) is 0 Å². The number of fused-ring (bicyclic) bond motifs is 1. The van der Waals surface area contributed by atoms with Crippen molar-refractivity contribution in [3.05, 3.63) is 33.2 Å². The van der Waals surface area contributed by atoms with Gasteiger partial charge in [0.25, 0.3) is 0 Å². The van der Waals surface area contributed by atoms with Gasteiger partial charge in [-0.15, -0.1) is 11.3 Å². The van der Waals surface area contributed by atoms with Crippen LogP contribution in [0.4, 0.5) is 0 Å². The summed E-state index contributed by atoms with van der Waals surface area (Å²) < 4.78 is 1.26. The summed E-state index contributed by atoms with van der Waals surface area (Å²) in [4.78, 5) is 1.39. The van der Waals surface area contributed by atoms with Crippen molar-refractivity contribution in [3.63, 3.8) is 0 Å². The van der Waals surface area contributed by atoms with Gasteiger partial charge in [0.15, 0.2) is 0 Å². The summed E-state index contributed by atoms with van der Waals surface area (Å²) in [7, 11) is 0. The van der Waals surface area contributed by atoms with Gasteiger partial charge in [-0.25, -0.2) is 0 Å². The molecule has 1 nitrogen and oxygen atoms in total. The van der Waals surface area contributed by atoms with Crippen molar-refractivity contribution in [2.45, 2.75) is 52.4 Å². The van der Waals surface area contributed by atoms with E-state index in [4.69, 9.17) is 17.3 Å². The van der Waals surface area contributed by atoms with Crippen LogP contribution in [0.1, 0.15) is 54.5 Å². The maximum absolute atomic E-state index is 6.38. The van der Waals surface area contributed by atoms with E-state index in [9.17, 15) is 0 Å². The van der Waals surface area contributed by atoms with Crippen molar-refractivity contribution >= 4 is 33.0 Å². The molecule has 0 unspecified atom stereocenters. The van der Waals surface area contributed by atoms with Gasteiger partial charge < -0.3 is 5.73 Å². The number of hydrogen-bond acceptors (Lipinski definition) is 2. The largest absolute Gasteiger partial charge is 0.330 e. The summed E-state index contributed by atoms with van der Waals surface area (Å²) in [6.07, 6.45) is 5.15. The molecule has 1 aromatic heterocycles. The van der Waals surface area contributed by atoms with Crippen LogP contribution in [0, 0.1) is 13.8 Å². The van der Waals surface area contributed by atoms with Gasteiger partial charge in [0.05, 0.1) is 9.72 Å². The standard InChI is InChI=1S/C14H15ClS.C3H9N/c1-8-9(2)16-14-12(8)6-11(7-13(14)15)10-4-3-5-10;1-2-3-4/h6-7,10H,3-5H2,1-2H3;2-4H2,1H3. The molecule has 0 saturated heterocycles. The molecule has 0 bridgehead atoms. The fraction of sp³-hybridized carbons (Fsp3) is 0.529. The number of halogens is 1. The Bertz CT molecular complexity index is 582. The van der Waals surface area contributed by atoms with Crippen LogP contribution in [0.5, 0.6) is 0 Å². The predicted molar refractivity (Wildman–Crippen MR) is 92.2 cm³/mol.